The molecule has 2 heterocycles. The molecule has 166 valence electrons. The number of ether oxygens (including phenoxy) is 2. The quantitative estimate of drug-likeness (QED) is 0.457. The van der Waals surface area contributed by atoms with E-state index in [1.165, 1.54) is 6.07 Å². The Morgan fingerprint density at radius 1 is 0.970 bits per heavy atom. The molecular weight excluding hydrogens is 421 g/mol. The number of benzene rings is 3. The van der Waals surface area contributed by atoms with E-state index >= 15 is 0 Å². The van der Waals surface area contributed by atoms with Crippen LogP contribution in [0.3, 0.4) is 0 Å². The molecule has 0 radical (unpaired) electrons. The first-order chi connectivity index (χ1) is 16.1. The normalized spacial score (nSPS) is 14.9. The molecule has 7 heteroatoms. The van der Waals surface area contributed by atoms with Crippen LogP contribution in [0.1, 0.15) is 33.2 Å². The van der Waals surface area contributed by atoms with Crippen molar-refractivity contribution in [2.24, 2.45) is 0 Å². The summed E-state index contributed by atoms with van der Waals surface area (Å²) in [6, 6.07) is 21.0. The fraction of sp³-hybridized carbons (Fsp3) is 0.154. The summed E-state index contributed by atoms with van der Waals surface area (Å²) in [5, 5.41) is 7.40. The second-order valence-electron chi connectivity index (χ2n) is 7.76. The third-order valence-electron chi connectivity index (χ3n) is 5.96. The number of hydrogen-bond acceptors (Lipinski definition) is 4. The molecule has 0 saturated heterocycles. The lowest BCUT2D eigenvalue weighted by molar-refractivity contribution is 0.0727. The van der Waals surface area contributed by atoms with Crippen molar-refractivity contribution in [3.63, 3.8) is 0 Å². The molecule has 0 fully saturated rings. The third kappa shape index (κ3) is 3.51. The summed E-state index contributed by atoms with van der Waals surface area (Å²) < 4.78 is 25.4. The Bertz CT molecular complexity index is 1320. The minimum absolute atomic E-state index is 0.110. The van der Waals surface area contributed by atoms with Gasteiger partial charge in [-0.25, -0.2) is 4.39 Å². The number of carbonyl (C=O) groups is 1. The second-order valence-corrected chi connectivity index (χ2v) is 7.76. The molecule has 1 atom stereocenters. The molecule has 4 aromatic rings. The molecule has 0 spiro atoms. The SMILES string of the molecule is COc1ccc(-c2n[nH]c3c2C(c2ccccc2OC)N(Cc2ccccc2F)C3=O)cc1. The molecule has 1 N–H and O–H groups in total. The van der Waals surface area contributed by atoms with E-state index < -0.39 is 6.04 Å². The van der Waals surface area contributed by atoms with Gasteiger partial charge in [0.15, 0.2) is 0 Å². The van der Waals surface area contributed by atoms with Crippen molar-refractivity contribution in [2.45, 2.75) is 12.6 Å². The van der Waals surface area contributed by atoms with Crippen LogP contribution in [0.4, 0.5) is 4.39 Å². The van der Waals surface area contributed by atoms with Gasteiger partial charge < -0.3 is 14.4 Å². The Balaban J connectivity index is 1.67. The van der Waals surface area contributed by atoms with Crippen LogP contribution in [0.25, 0.3) is 11.3 Å². The largest absolute Gasteiger partial charge is 0.497 e. The van der Waals surface area contributed by atoms with E-state index in [0.717, 1.165) is 22.4 Å². The summed E-state index contributed by atoms with van der Waals surface area (Å²) in [4.78, 5) is 15.2. The monoisotopic (exact) mass is 443 g/mol. The zero-order valence-electron chi connectivity index (χ0n) is 18.2. The van der Waals surface area contributed by atoms with Crippen molar-refractivity contribution in [2.75, 3.05) is 14.2 Å². The maximum absolute atomic E-state index is 14.5. The first-order valence-electron chi connectivity index (χ1n) is 10.5. The van der Waals surface area contributed by atoms with E-state index in [2.05, 4.69) is 10.2 Å². The van der Waals surface area contributed by atoms with Crippen molar-refractivity contribution in [3.8, 4) is 22.8 Å². The smallest absolute Gasteiger partial charge is 0.273 e. The van der Waals surface area contributed by atoms with Gasteiger partial charge in [-0.1, -0.05) is 36.4 Å². The van der Waals surface area contributed by atoms with Gasteiger partial charge in [-0.3, -0.25) is 9.89 Å². The minimum atomic E-state index is -0.501. The topological polar surface area (TPSA) is 67.5 Å². The lowest BCUT2D eigenvalue weighted by Gasteiger charge is -2.27. The van der Waals surface area contributed by atoms with Crippen molar-refractivity contribution < 1.29 is 18.7 Å². The number of methoxy groups -OCH3 is 2. The van der Waals surface area contributed by atoms with Gasteiger partial charge in [-0.2, -0.15) is 5.10 Å². The van der Waals surface area contributed by atoms with Gasteiger partial charge in [0.25, 0.3) is 5.91 Å². The molecule has 3 aromatic carbocycles. The van der Waals surface area contributed by atoms with Gasteiger partial charge in [-0.05, 0) is 36.4 Å². The standard InChI is InChI=1S/C26H22FN3O3/c1-32-18-13-11-16(12-14-18)23-22-24(29-28-23)26(31)30(15-17-7-3-5-9-20(17)27)25(22)19-8-4-6-10-21(19)33-2/h3-14,25H,15H2,1-2H3,(H,28,29). The van der Waals surface area contributed by atoms with E-state index in [0.29, 0.717) is 22.7 Å². The number of amides is 1. The number of H-pyrrole nitrogens is 1. The maximum atomic E-state index is 14.5. The predicted octanol–water partition coefficient (Wildman–Crippen LogP) is 4.98. The Morgan fingerprint density at radius 3 is 2.42 bits per heavy atom. The van der Waals surface area contributed by atoms with E-state index in [9.17, 15) is 9.18 Å². The fourth-order valence-electron chi connectivity index (χ4n) is 4.35. The van der Waals surface area contributed by atoms with Crippen molar-refractivity contribution >= 4 is 5.91 Å². The van der Waals surface area contributed by atoms with E-state index in [-0.39, 0.29) is 18.3 Å². The van der Waals surface area contributed by atoms with Gasteiger partial charge in [0.05, 0.1) is 26.0 Å². The highest BCUT2D eigenvalue weighted by Gasteiger charge is 2.43. The zero-order valence-corrected chi connectivity index (χ0v) is 18.2. The molecule has 33 heavy (non-hydrogen) atoms. The Kier molecular flexibility index (Phi) is 5.30. The molecule has 1 unspecified atom stereocenters. The van der Waals surface area contributed by atoms with Gasteiger partial charge in [0.1, 0.15) is 23.0 Å². The number of halogens is 1. The molecule has 0 aliphatic carbocycles. The molecule has 1 aliphatic heterocycles. The number of fused-ring (bicyclic) bond motifs is 1. The van der Waals surface area contributed by atoms with Gasteiger partial charge in [0.2, 0.25) is 0 Å². The summed E-state index contributed by atoms with van der Waals surface area (Å²) >= 11 is 0. The number of hydrogen-bond donors (Lipinski definition) is 1. The van der Waals surface area contributed by atoms with E-state index in [4.69, 9.17) is 9.47 Å². The molecule has 0 saturated carbocycles. The predicted molar refractivity (Wildman–Crippen MR) is 122 cm³/mol. The van der Waals surface area contributed by atoms with Gasteiger partial charge in [0, 0.05) is 28.8 Å². The summed E-state index contributed by atoms with van der Waals surface area (Å²) in [5.74, 6) is 0.776. The van der Waals surface area contributed by atoms with Crippen molar-refractivity contribution in [1.82, 2.24) is 15.1 Å². The first kappa shape index (κ1) is 20.8. The second kappa shape index (κ2) is 8.43. The van der Waals surface area contributed by atoms with Crippen LogP contribution in [0, 0.1) is 5.82 Å². The molecule has 0 bridgehead atoms. The van der Waals surface area contributed by atoms with Gasteiger partial charge >= 0.3 is 0 Å². The number of rotatable bonds is 6. The maximum Gasteiger partial charge on any atom is 0.273 e. The van der Waals surface area contributed by atoms with Crippen molar-refractivity contribution in [3.05, 3.63) is 101 Å². The number of nitrogens with one attached hydrogen (secondary N) is 1. The number of nitrogens with zero attached hydrogens (tertiary/aromatic N) is 2. The lowest BCUT2D eigenvalue weighted by atomic mass is 9.95. The number of aromatic amines is 1. The number of carbonyl (C=O) groups excluding carboxylic acids is 1. The molecule has 5 rings (SSSR count). The van der Waals surface area contributed by atoms with Crippen molar-refractivity contribution in [1.29, 1.82) is 0 Å². The average Bonchev–Trinajstić information content (AvgIpc) is 3.39. The highest BCUT2D eigenvalue weighted by molar-refractivity contribution is 6.00. The van der Waals surface area contributed by atoms with Crippen LogP contribution in [-0.2, 0) is 6.54 Å². The fourth-order valence-corrected chi connectivity index (χ4v) is 4.35. The Hall–Kier alpha value is -4.13. The van der Waals surface area contributed by atoms with Crippen LogP contribution in [0.2, 0.25) is 0 Å². The number of para-hydroxylation sites is 1. The Labute approximate surface area is 190 Å². The Morgan fingerprint density at radius 2 is 1.70 bits per heavy atom. The lowest BCUT2D eigenvalue weighted by Crippen LogP contribution is -2.29. The van der Waals surface area contributed by atoms with Crippen LogP contribution >= 0.6 is 0 Å². The van der Waals surface area contributed by atoms with Crippen LogP contribution < -0.4 is 9.47 Å². The highest BCUT2D eigenvalue weighted by Crippen LogP contribution is 2.46. The summed E-state index contributed by atoms with van der Waals surface area (Å²) in [6.07, 6.45) is 0. The molecular formula is C26H22FN3O3. The summed E-state index contributed by atoms with van der Waals surface area (Å²) in [5.41, 5.74) is 3.88. The van der Waals surface area contributed by atoms with Crippen LogP contribution in [-0.4, -0.2) is 35.2 Å². The van der Waals surface area contributed by atoms with E-state index in [1.54, 1.807) is 37.3 Å². The third-order valence-corrected chi connectivity index (χ3v) is 5.96. The first-order valence-corrected chi connectivity index (χ1v) is 10.5. The van der Waals surface area contributed by atoms with Crippen LogP contribution in [0.5, 0.6) is 11.5 Å². The molecule has 1 amide bonds. The van der Waals surface area contributed by atoms with E-state index in [1.807, 2.05) is 48.5 Å². The average molecular weight is 443 g/mol. The molecule has 1 aromatic heterocycles. The minimum Gasteiger partial charge on any atom is -0.497 e. The van der Waals surface area contributed by atoms with Gasteiger partial charge in [-0.15, -0.1) is 0 Å². The summed E-state index contributed by atoms with van der Waals surface area (Å²) in [6.45, 7) is 0.110. The van der Waals surface area contributed by atoms with Crippen LogP contribution in [0.15, 0.2) is 72.8 Å². The summed E-state index contributed by atoms with van der Waals surface area (Å²) in [7, 11) is 3.20. The highest BCUT2D eigenvalue weighted by atomic mass is 19.1. The molecule has 1 aliphatic rings. The molecule has 6 nitrogen and oxygen atoms in total. The zero-order chi connectivity index (χ0) is 22.9. The number of aromatic nitrogens is 2.